The summed E-state index contributed by atoms with van der Waals surface area (Å²) >= 11 is 0. The first-order valence-corrected chi connectivity index (χ1v) is 11.1. The first kappa shape index (κ1) is 19.2. The molecular formula is C22H33NO6. The van der Waals surface area contributed by atoms with Gasteiger partial charge >= 0.3 is 0 Å². The van der Waals surface area contributed by atoms with Gasteiger partial charge in [0.25, 0.3) is 0 Å². The molecule has 1 aliphatic heterocycles. The van der Waals surface area contributed by atoms with Crippen molar-refractivity contribution in [3.8, 4) is 0 Å². The Balaban J connectivity index is 1.68. The van der Waals surface area contributed by atoms with E-state index in [9.17, 15) is 25.5 Å². The molecular weight excluding hydrogens is 374 g/mol. The van der Waals surface area contributed by atoms with E-state index in [2.05, 4.69) is 11.8 Å². The van der Waals surface area contributed by atoms with E-state index in [-0.39, 0.29) is 30.3 Å². The highest BCUT2D eigenvalue weighted by atomic mass is 16.5. The number of hydrogen-bond donors (Lipinski definition) is 5. The molecule has 0 amide bonds. The number of aliphatic hydroxyl groups is 5. The molecule has 29 heavy (non-hydrogen) atoms. The fourth-order valence-corrected chi connectivity index (χ4v) is 9.68. The topological polar surface area (TPSA) is 114 Å². The smallest absolute Gasteiger partial charge is 0.136 e. The molecule has 13 atom stereocenters. The van der Waals surface area contributed by atoms with Crippen molar-refractivity contribution in [1.29, 1.82) is 0 Å². The van der Waals surface area contributed by atoms with Gasteiger partial charge in [0.1, 0.15) is 11.2 Å². The van der Waals surface area contributed by atoms with Crippen LogP contribution in [-0.2, 0) is 4.74 Å². The molecule has 5 aliphatic carbocycles. The highest BCUT2D eigenvalue weighted by Crippen LogP contribution is 2.78. The van der Waals surface area contributed by atoms with Gasteiger partial charge in [-0.3, -0.25) is 4.90 Å². The average molecular weight is 408 g/mol. The van der Waals surface area contributed by atoms with Crippen LogP contribution < -0.4 is 0 Å². The summed E-state index contributed by atoms with van der Waals surface area (Å²) < 4.78 is 5.66. The Labute approximate surface area is 171 Å². The van der Waals surface area contributed by atoms with E-state index in [0.717, 1.165) is 0 Å². The Morgan fingerprint density at radius 2 is 1.93 bits per heavy atom. The minimum atomic E-state index is -1.84. The van der Waals surface area contributed by atoms with Gasteiger partial charge in [-0.05, 0) is 18.9 Å². The maximum atomic E-state index is 12.3. The molecule has 5 N–H and O–H groups in total. The maximum Gasteiger partial charge on any atom is 0.136 e. The van der Waals surface area contributed by atoms with Gasteiger partial charge < -0.3 is 30.3 Å². The van der Waals surface area contributed by atoms with Crippen LogP contribution in [0, 0.1) is 34.5 Å². The molecule has 0 radical (unpaired) electrons. The number of rotatable bonds is 2. The normalized spacial score (nSPS) is 67.1. The molecule has 7 heteroatoms. The van der Waals surface area contributed by atoms with Crippen LogP contribution in [0.2, 0.25) is 0 Å². The highest BCUT2D eigenvalue weighted by molar-refractivity contribution is 5.43. The number of ether oxygens (including phenoxy) is 1. The van der Waals surface area contributed by atoms with Crippen LogP contribution in [0.3, 0.4) is 0 Å². The van der Waals surface area contributed by atoms with Crippen LogP contribution in [0.4, 0.5) is 0 Å². The summed E-state index contributed by atoms with van der Waals surface area (Å²) in [5.74, 6) is -1.29. The van der Waals surface area contributed by atoms with Crippen molar-refractivity contribution in [2.24, 2.45) is 34.5 Å². The third-order valence-electron chi connectivity index (χ3n) is 10.3. The SMILES string of the molecule is CCN1CC2(C)C=CC(O)C34C5CC6C(OC)CC(O)(C5C6O)C(O)(C(O)C23)C14. The summed E-state index contributed by atoms with van der Waals surface area (Å²) in [6, 6.07) is -0.569. The number of fused-ring (bicyclic) bond motifs is 2. The molecule has 0 aromatic heterocycles. The molecule has 13 unspecified atom stereocenters. The van der Waals surface area contributed by atoms with E-state index >= 15 is 0 Å². The van der Waals surface area contributed by atoms with Crippen LogP contribution in [0.5, 0.6) is 0 Å². The van der Waals surface area contributed by atoms with Gasteiger partial charge in [0.05, 0.1) is 30.5 Å². The zero-order valence-corrected chi connectivity index (χ0v) is 17.3. The third-order valence-corrected chi connectivity index (χ3v) is 10.3. The predicted octanol–water partition coefficient (Wildman–Crippen LogP) is -0.888. The Morgan fingerprint density at radius 1 is 1.21 bits per heavy atom. The molecule has 0 aromatic rings. The van der Waals surface area contributed by atoms with E-state index in [1.807, 2.05) is 19.1 Å². The molecule has 1 heterocycles. The van der Waals surface area contributed by atoms with Crippen molar-refractivity contribution >= 4 is 0 Å². The zero-order valence-electron chi connectivity index (χ0n) is 17.3. The highest BCUT2D eigenvalue weighted by Gasteiger charge is 2.90. The van der Waals surface area contributed by atoms with Gasteiger partial charge in [-0.25, -0.2) is 0 Å². The van der Waals surface area contributed by atoms with Crippen LogP contribution in [0.15, 0.2) is 12.2 Å². The minimum absolute atomic E-state index is 0.134. The molecule has 1 spiro atoms. The lowest BCUT2D eigenvalue weighted by Gasteiger charge is -2.68. The fourth-order valence-electron chi connectivity index (χ4n) is 9.68. The summed E-state index contributed by atoms with van der Waals surface area (Å²) in [4.78, 5) is 2.16. The van der Waals surface area contributed by atoms with E-state index < -0.39 is 52.3 Å². The Bertz CT molecular complexity index is 791. The summed E-state index contributed by atoms with van der Waals surface area (Å²) in [5, 5.41) is 58.9. The van der Waals surface area contributed by atoms with E-state index in [0.29, 0.717) is 19.5 Å². The number of hydrogen-bond acceptors (Lipinski definition) is 7. The average Bonchev–Trinajstić information content (AvgIpc) is 3.04. The van der Waals surface area contributed by atoms with Crippen LogP contribution >= 0.6 is 0 Å². The molecule has 7 nitrogen and oxygen atoms in total. The third kappa shape index (κ3) is 1.63. The van der Waals surface area contributed by atoms with Crippen molar-refractivity contribution in [2.45, 2.75) is 68.3 Å². The van der Waals surface area contributed by atoms with E-state index in [1.165, 1.54) is 0 Å². The Morgan fingerprint density at radius 3 is 2.59 bits per heavy atom. The van der Waals surface area contributed by atoms with Crippen LogP contribution in [-0.4, -0.2) is 92.3 Å². The second-order valence-electron chi connectivity index (χ2n) is 10.9. The van der Waals surface area contributed by atoms with Crippen LogP contribution in [0.25, 0.3) is 0 Å². The number of methoxy groups -OCH3 is 1. The Hall–Kier alpha value is -0.540. The number of piperidine rings is 1. The largest absolute Gasteiger partial charge is 0.392 e. The van der Waals surface area contributed by atoms with Gasteiger partial charge in [-0.15, -0.1) is 0 Å². The molecule has 6 rings (SSSR count). The molecule has 6 aliphatic rings. The summed E-state index contributed by atoms with van der Waals surface area (Å²) in [7, 11) is 1.58. The second-order valence-corrected chi connectivity index (χ2v) is 10.9. The zero-order chi connectivity index (χ0) is 20.7. The quantitative estimate of drug-likeness (QED) is 0.378. The van der Waals surface area contributed by atoms with Gasteiger partial charge in [0, 0.05) is 48.7 Å². The molecule has 0 aromatic carbocycles. The van der Waals surface area contributed by atoms with E-state index in [4.69, 9.17) is 4.74 Å². The van der Waals surface area contributed by atoms with Crippen molar-refractivity contribution in [2.75, 3.05) is 20.2 Å². The van der Waals surface area contributed by atoms with E-state index in [1.54, 1.807) is 7.11 Å². The summed E-state index contributed by atoms with van der Waals surface area (Å²) in [6.07, 6.45) is 1.41. The van der Waals surface area contributed by atoms with Crippen molar-refractivity contribution in [1.82, 2.24) is 4.90 Å². The maximum absolute atomic E-state index is 12.3. The van der Waals surface area contributed by atoms with Gasteiger partial charge in [-0.2, -0.15) is 0 Å². The molecule has 7 bridgehead atoms. The van der Waals surface area contributed by atoms with Gasteiger partial charge in [0.15, 0.2) is 0 Å². The monoisotopic (exact) mass is 407 g/mol. The number of likely N-dealkylation sites (tertiary alicyclic amines) is 1. The molecule has 4 saturated carbocycles. The molecule has 5 fully saturated rings. The second kappa shape index (κ2) is 5.26. The number of likely N-dealkylation sites (N-methyl/N-ethyl adjacent to an activating group) is 1. The lowest BCUT2D eigenvalue weighted by molar-refractivity contribution is -0.308. The lowest BCUT2D eigenvalue weighted by Crippen LogP contribution is -2.81. The first-order chi connectivity index (χ1) is 13.6. The molecule has 162 valence electrons. The van der Waals surface area contributed by atoms with Gasteiger partial charge in [0.2, 0.25) is 0 Å². The van der Waals surface area contributed by atoms with Crippen molar-refractivity contribution in [3.63, 3.8) is 0 Å². The summed E-state index contributed by atoms with van der Waals surface area (Å²) in [5.41, 5.74) is -4.74. The van der Waals surface area contributed by atoms with Crippen molar-refractivity contribution in [3.05, 3.63) is 12.2 Å². The fraction of sp³-hybridized carbons (Fsp3) is 0.909. The standard InChI is InChI=1S/C22H33NO6/c1-4-23-9-19(2)6-5-13(24)21-11-7-10-12(29-3)8-20(27,14(11)15(10)25)22(28,18(21)23)17(26)16(19)21/h5-6,10-18,24-28H,4,7-9H2,1-3H3. The predicted molar refractivity (Wildman–Crippen MR) is 103 cm³/mol. The minimum Gasteiger partial charge on any atom is -0.392 e. The van der Waals surface area contributed by atoms with Crippen molar-refractivity contribution < 1.29 is 30.3 Å². The summed E-state index contributed by atoms with van der Waals surface area (Å²) in [6.45, 7) is 5.43. The Kier molecular flexibility index (Phi) is 3.48. The number of aliphatic hydroxyl groups excluding tert-OH is 3. The van der Waals surface area contributed by atoms with Crippen LogP contribution in [0.1, 0.15) is 26.7 Å². The first-order valence-electron chi connectivity index (χ1n) is 11.1. The number of nitrogens with zero attached hydrogens (tertiary/aromatic N) is 1. The molecule has 1 saturated heterocycles. The lowest BCUT2D eigenvalue weighted by atomic mass is 9.44. The van der Waals surface area contributed by atoms with Gasteiger partial charge in [-0.1, -0.05) is 26.0 Å².